The summed E-state index contributed by atoms with van der Waals surface area (Å²) in [7, 11) is 0. The Hall–Kier alpha value is -2.63. The first-order valence-electron chi connectivity index (χ1n) is 10.5. The first-order valence-corrected chi connectivity index (χ1v) is 12.3. The van der Waals surface area contributed by atoms with Crippen molar-refractivity contribution in [3.05, 3.63) is 45.0 Å². The smallest absolute Gasteiger partial charge is 0.305 e. The van der Waals surface area contributed by atoms with Crippen LogP contribution in [-0.2, 0) is 28.9 Å². The maximum Gasteiger partial charge on any atom is 0.305 e. The molecule has 11 heteroatoms. The van der Waals surface area contributed by atoms with Gasteiger partial charge in [-0.25, -0.2) is 4.98 Å². The zero-order chi connectivity index (χ0) is 22.1. The van der Waals surface area contributed by atoms with Crippen molar-refractivity contribution in [3.8, 4) is 0 Å². The predicted molar refractivity (Wildman–Crippen MR) is 120 cm³/mol. The van der Waals surface area contributed by atoms with Crippen molar-refractivity contribution in [2.45, 2.75) is 49.9 Å². The minimum Gasteiger partial charge on any atom is -0.459 e. The van der Waals surface area contributed by atoms with Crippen LogP contribution in [0.1, 0.15) is 40.3 Å². The molecule has 9 nitrogen and oxygen atoms in total. The van der Waals surface area contributed by atoms with E-state index in [1.165, 1.54) is 29.0 Å². The summed E-state index contributed by atoms with van der Waals surface area (Å²) in [5.74, 6) is -0.869. The summed E-state index contributed by atoms with van der Waals surface area (Å²) >= 11 is 2.75. The van der Waals surface area contributed by atoms with Gasteiger partial charge in [-0.3, -0.25) is 29.8 Å². The van der Waals surface area contributed by atoms with E-state index in [0.717, 1.165) is 47.9 Å². The Morgan fingerprint density at radius 2 is 2.19 bits per heavy atom. The molecular weight excluding hydrogens is 452 g/mol. The van der Waals surface area contributed by atoms with Crippen molar-refractivity contribution in [3.63, 3.8) is 0 Å². The van der Waals surface area contributed by atoms with E-state index in [-0.39, 0.29) is 23.2 Å². The van der Waals surface area contributed by atoms with Gasteiger partial charge in [0, 0.05) is 11.5 Å². The lowest BCUT2D eigenvalue weighted by atomic mass is 10.2. The molecule has 4 heterocycles. The zero-order valence-electron chi connectivity index (χ0n) is 17.2. The maximum absolute atomic E-state index is 13.4. The first kappa shape index (κ1) is 21.2. The topological polar surface area (TPSA) is 115 Å². The van der Waals surface area contributed by atoms with Crippen molar-refractivity contribution in [2.75, 3.05) is 12.4 Å². The molecular formula is C21H22N4O5S2. The Labute approximate surface area is 191 Å². The molecule has 168 valence electrons. The summed E-state index contributed by atoms with van der Waals surface area (Å²) in [5.41, 5.74) is 5.75. The van der Waals surface area contributed by atoms with Crippen LogP contribution < -0.4 is 16.4 Å². The molecule has 1 aliphatic heterocycles. The van der Waals surface area contributed by atoms with Gasteiger partial charge in [0.25, 0.3) is 5.56 Å². The Bertz CT molecular complexity index is 1210. The van der Waals surface area contributed by atoms with E-state index < -0.39 is 11.8 Å². The van der Waals surface area contributed by atoms with Gasteiger partial charge in [0.1, 0.15) is 4.83 Å². The second-order valence-electron chi connectivity index (χ2n) is 7.75. The number of rotatable bonds is 6. The number of aromatic nitrogens is 2. The summed E-state index contributed by atoms with van der Waals surface area (Å²) in [6, 6.07) is 3.08. The number of furan rings is 1. The molecule has 0 aromatic carbocycles. The number of nitrogens with zero attached hydrogens (tertiary/aromatic N) is 2. The van der Waals surface area contributed by atoms with E-state index in [1.807, 2.05) is 0 Å². The molecule has 2 aliphatic rings. The predicted octanol–water partition coefficient (Wildman–Crippen LogP) is 2.27. The van der Waals surface area contributed by atoms with Gasteiger partial charge in [-0.1, -0.05) is 11.8 Å². The lowest BCUT2D eigenvalue weighted by molar-refractivity contribution is -0.119. The second-order valence-corrected chi connectivity index (χ2v) is 9.78. The highest BCUT2D eigenvalue weighted by Crippen LogP contribution is 2.35. The van der Waals surface area contributed by atoms with Gasteiger partial charge in [0.15, 0.2) is 10.9 Å². The molecule has 3 aromatic rings. The summed E-state index contributed by atoms with van der Waals surface area (Å²) in [5, 5.41) is 1.21. The van der Waals surface area contributed by atoms with Crippen LogP contribution >= 0.6 is 23.1 Å². The van der Waals surface area contributed by atoms with Crippen LogP contribution in [0.4, 0.5) is 0 Å². The molecule has 2 amide bonds. The quantitative estimate of drug-likeness (QED) is 0.320. The molecule has 1 atom stereocenters. The number of amides is 2. The van der Waals surface area contributed by atoms with E-state index >= 15 is 0 Å². The van der Waals surface area contributed by atoms with Crippen molar-refractivity contribution in [1.29, 1.82) is 0 Å². The summed E-state index contributed by atoms with van der Waals surface area (Å²) in [6.07, 6.45) is 6.20. The molecule has 0 radical (unpaired) electrons. The Kier molecular flexibility index (Phi) is 6.03. The lowest BCUT2D eigenvalue weighted by Gasteiger charge is -2.16. The first-order chi connectivity index (χ1) is 15.6. The van der Waals surface area contributed by atoms with E-state index in [9.17, 15) is 14.4 Å². The number of fused-ring (bicyclic) bond motifs is 3. The van der Waals surface area contributed by atoms with Gasteiger partial charge in [-0.2, -0.15) is 0 Å². The van der Waals surface area contributed by atoms with Crippen molar-refractivity contribution >= 4 is 45.1 Å². The maximum atomic E-state index is 13.4. The normalized spacial score (nSPS) is 17.6. The van der Waals surface area contributed by atoms with Gasteiger partial charge in [-0.15, -0.1) is 11.3 Å². The molecule has 0 unspecified atom stereocenters. The highest BCUT2D eigenvalue weighted by molar-refractivity contribution is 7.99. The average molecular weight is 475 g/mol. The third-order valence-corrected chi connectivity index (χ3v) is 7.75. The van der Waals surface area contributed by atoms with Crippen LogP contribution in [-0.4, -0.2) is 39.8 Å². The number of thioether (sulfide) groups is 1. The van der Waals surface area contributed by atoms with Crippen LogP contribution in [0.2, 0.25) is 0 Å². The summed E-state index contributed by atoms with van der Waals surface area (Å²) in [6.45, 7) is 1.12. The van der Waals surface area contributed by atoms with Crippen LogP contribution in [0.5, 0.6) is 0 Å². The van der Waals surface area contributed by atoms with Gasteiger partial charge in [0.2, 0.25) is 5.91 Å². The Morgan fingerprint density at radius 3 is 2.97 bits per heavy atom. The number of ether oxygens (including phenoxy) is 1. The van der Waals surface area contributed by atoms with Crippen LogP contribution in [0.3, 0.4) is 0 Å². The van der Waals surface area contributed by atoms with E-state index in [4.69, 9.17) is 14.1 Å². The number of hydrogen-bond donors (Lipinski definition) is 2. The number of carbonyl (C=O) groups is 2. The number of nitrogens with one attached hydrogen (secondary N) is 2. The number of carbonyl (C=O) groups excluding carboxylic acids is 2. The molecule has 0 spiro atoms. The highest BCUT2D eigenvalue weighted by Gasteiger charge is 2.26. The SMILES string of the molecule is O=C(CSc1nc2sc3c(c2c(=O)n1C[C@@H]1CCCO1)CCC3)NNC(=O)c1ccco1. The Morgan fingerprint density at radius 1 is 1.28 bits per heavy atom. The standard InChI is InChI=1S/C21H22N4O5S2/c26-16(23-24-18(27)14-6-3-9-30-14)11-31-21-22-19-17(13-5-1-7-15(13)32-19)20(28)25(21)10-12-4-2-8-29-12/h3,6,9,12H,1-2,4-5,7-8,10-11H2,(H,23,26)(H,24,27)/t12-/m0/s1. The highest BCUT2D eigenvalue weighted by atomic mass is 32.2. The Balaban J connectivity index is 1.34. The monoisotopic (exact) mass is 474 g/mol. The molecule has 3 aromatic heterocycles. The molecule has 0 saturated carbocycles. The second kappa shape index (κ2) is 9.08. The fourth-order valence-electron chi connectivity index (χ4n) is 4.08. The van der Waals surface area contributed by atoms with E-state index in [2.05, 4.69) is 10.9 Å². The van der Waals surface area contributed by atoms with Crippen molar-refractivity contribution in [2.24, 2.45) is 0 Å². The van der Waals surface area contributed by atoms with Crippen molar-refractivity contribution in [1.82, 2.24) is 20.4 Å². The summed E-state index contributed by atoms with van der Waals surface area (Å²) < 4.78 is 12.4. The van der Waals surface area contributed by atoms with Crippen LogP contribution in [0, 0.1) is 0 Å². The average Bonchev–Trinajstić information content (AvgIpc) is 3.57. The molecule has 2 N–H and O–H groups in total. The lowest BCUT2D eigenvalue weighted by Crippen LogP contribution is -2.42. The number of hydrogen-bond acceptors (Lipinski definition) is 8. The fourth-order valence-corrected chi connectivity index (χ4v) is 6.19. The third-order valence-electron chi connectivity index (χ3n) is 5.59. The van der Waals surface area contributed by atoms with E-state index in [0.29, 0.717) is 18.3 Å². The minimum atomic E-state index is -0.545. The molecule has 5 rings (SSSR count). The van der Waals surface area contributed by atoms with E-state index in [1.54, 1.807) is 22.0 Å². The molecule has 1 aliphatic carbocycles. The number of aryl methyl sites for hydroxylation is 2. The summed E-state index contributed by atoms with van der Waals surface area (Å²) in [4.78, 5) is 44.4. The van der Waals surface area contributed by atoms with Gasteiger partial charge >= 0.3 is 5.91 Å². The molecule has 1 saturated heterocycles. The molecule has 0 bridgehead atoms. The fraction of sp³-hybridized carbons (Fsp3) is 0.429. The molecule has 32 heavy (non-hydrogen) atoms. The van der Waals surface area contributed by atoms with Gasteiger partial charge in [0.05, 0.1) is 30.1 Å². The van der Waals surface area contributed by atoms with Crippen molar-refractivity contribution < 1.29 is 18.7 Å². The van der Waals surface area contributed by atoms with Gasteiger partial charge < -0.3 is 9.15 Å². The minimum absolute atomic E-state index is 0.00695. The third kappa shape index (κ3) is 4.19. The van der Waals surface area contributed by atoms with Crippen LogP contribution in [0.15, 0.2) is 32.8 Å². The molecule has 1 fully saturated rings. The van der Waals surface area contributed by atoms with Crippen LogP contribution in [0.25, 0.3) is 10.2 Å². The zero-order valence-corrected chi connectivity index (χ0v) is 18.9. The number of thiophene rings is 1. The number of hydrazine groups is 1. The largest absolute Gasteiger partial charge is 0.459 e. The van der Waals surface area contributed by atoms with Gasteiger partial charge in [-0.05, 0) is 49.8 Å².